The standard InChI is InChI=1S/C18H13NO5S2/c1-10(20)11-2-4-12(5-3-11)14-7-6-13(24-14)8-15-17(23)19(9-16(21)22)18(25)26-15/h2-8H,9H2,1H3,(H,21,22)/b15-8+. The molecule has 0 radical (unpaired) electrons. The van der Waals surface area contributed by atoms with Crippen molar-refractivity contribution in [3.05, 3.63) is 52.6 Å². The van der Waals surface area contributed by atoms with Crippen molar-refractivity contribution in [2.75, 3.05) is 6.54 Å². The number of benzene rings is 1. The molecule has 1 amide bonds. The number of thioether (sulfide) groups is 1. The van der Waals surface area contributed by atoms with Crippen molar-refractivity contribution in [2.45, 2.75) is 6.92 Å². The number of ketones is 1. The molecule has 0 spiro atoms. The fraction of sp³-hybridized carbons (Fsp3) is 0.111. The predicted octanol–water partition coefficient (Wildman–Crippen LogP) is 3.44. The number of thiocarbonyl (C=S) groups is 1. The molecule has 0 bridgehead atoms. The lowest BCUT2D eigenvalue weighted by Gasteiger charge is -2.09. The maximum atomic E-state index is 12.2. The summed E-state index contributed by atoms with van der Waals surface area (Å²) < 4.78 is 5.93. The van der Waals surface area contributed by atoms with Gasteiger partial charge >= 0.3 is 5.97 Å². The van der Waals surface area contributed by atoms with Gasteiger partial charge in [0, 0.05) is 17.2 Å². The van der Waals surface area contributed by atoms with Gasteiger partial charge in [0.25, 0.3) is 5.91 Å². The molecule has 1 aliphatic heterocycles. The molecule has 1 aromatic heterocycles. The second-order valence-corrected chi connectivity index (χ2v) is 7.17. The average Bonchev–Trinajstić information content (AvgIpc) is 3.15. The van der Waals surface area contributed by atoms with Crippen molar-refractivity contribution in [3.63, 3.8) is 0 Å². The summed E-state index contributed by atoms with van der Waals surface area (Å²) in [5.41, 5.74) is 1.41. The quantitative estimate of drug-likeness (QED) is 0.478. The Bertz CT molecular complexity index is 943. The lowest BCUT2D eigenvalue weighted by Crippen LogP contribution is -2.33. The van der Waals surface area contributed by atoms with Gasteiger partial charge in [-0.1, -0.05) is 48.2 Å². The van der Waals surface area contributed by atoms with Gasteiger partial charge in [0.15, 0.2) is 5.78 Å². The molecule has 0 unspecified atom stereocenters. The molecule has 3 rings (SSSR count). The van der Waals surface area contributed by atoms with Gasteiger partial charge in [-0.2, -0.15) is 0 Å². The van der Waals surface area contributed by atoms with Crippen molar-refractivity contribution in [1.29, 1.82) is 0 Å². The molecule has 0 atom stereocenters. The summed E-state index contributed by atoms with van der Waals surface area (Å²) in [5, 5.41) is 8.85. The summed E-state index contributed by atoms with van der Waals surface area (Å²) in [5.74, 6) is -0.554. The molecule has 132 valence electrons. The van der Waals surface area contributed by atoms with Crippen molar-refractivity contribution in [1.82, 2.24) is 4.90 Å². The van der Waals surface area contributed by atoms with Crippen LogP contribution in [0.15, 0.2) is 45.7 Å². The van der Waals surface area contributed by atoms with E-state index in [1.54, 1.807) is 36.4 Å². The first-order valence-electron chi connectivity index (χ1n) is 7.53. The largest absolute Gasteiger partial charge is 0.480 e. The lowest BCUT2D eigenvalue weighted by atomic mass is 10.1. The molecule has 0 saturated carbocycles. The Kier molecular flexibility index (Phi) is 5.06. The van der Waals surface area contributed by atoms with E-state index in [1.165, 1.54) is 13.0 Å². The van der Waals surface area contributed by atoms with Crippen molar-refractivity contribution < 1.29 is 23.9 Å². The molecule has 1 saturated heterocycles. The summed E-state index contributed by atoms with van der Waals surface area (Å²) in [6.45, 7) is 1.04. The van der Waals surface area contributed by atoms with Crippen LogP contribution in [0.5, 0.6) is 0 Å². The molecule has 8 heteroatoms. The molecule has 2 heterocycles. The first-order chi connectivity index (χ1) is 12.3. The Morgan fingerprint density at radius 2 is 1.92 bits per heavy atom. The first-order valence-corrected chi connectivity index (χ1v) is 8.76. The normalized spacial score (nSPS) is 15.7. The van der Waals surface area contributed by atoms with Crippen LogP contribution in [0.3, 0.4) is 0 Å². The second-order valence-electron chi connectivity index (χ2n) is 5.50. The van der Waals surface area contributed by atoms with Crippen LogP contribution in [0.1, 0.15) is 23.0 Å². The third kappa shape index (κ3) is 3.76. The molecule has 2 aromatic rings. The lowest BCUT2D eigenvalue weighted by molar-refractivity contribution is -0.140. The highest BCUT2D eigenvalue weighted by molar-refractivity contribution is 8.26. The van der Waals surface area contributed by atoms with E-state index in [0.717, 1.165) is 22.2 Å². The van der Waals surface area contributed by atoms with E-state index >= 15 is 0 Å². The third-order valence-electron chi connectivity index (χ3n) is 3.64. The van der Waals surface area contributed by atoms with E-state index in [2.05, 4.69) is 0 Å². The molecule has 1 aliphatic rings. The zero-order valence-corrected chi connectivity index (χ0v) is 15.2. The van der Waals surface area contributed by atoms with E-state index < -0.39 is 18.4 Å². The monoisotopic (exact) mass is 387 g/mol. The molecular weight excluding hydrogens is 374 g/mol. The number of furan rings is 1. The number of hydrogen-bond acceptors (Lipinski definition) is 6. The van der Waals surface area contributed by atoms with E-state index in [4.69, 9.17) is 21.7 Å². The SMILES string of the molecule is CC(=O)c1ccc(-c2ccc(/C=C3/SC(=S)N(CC(=O)O)C3=O)o2)cc1. The number of carboxylic acids is 1. The van der Waals surface area contributed by atoms with E-state index in [0.29, 0.717) is 22.0 Å². The number of carbonyl (C=O) groups excluding carboxylic acids is 2. The third-order valence-corrected chi connectivity index (χ3v) is 5.02. The highest BCUT2D eigenvalue weighted by Gasteiger charge is 2.33. The van der Waals surface area contributed by atoms with Gasteiger partial charge in [0.2, 0.25) is 0 Å². The van der Waals surface area contributed by atoms with Crippen molar-refractivity contribution in [2.24, 2.45) is 0 Å². The van der Waals surface area contributed by atoms with Gasteiger partial charge in [0.1, 0.15) is 22.4 Å². The highest BCUT2D eigenvalue weighted by atomic mass is 32.2. The Hall–Kier alpha value is -2.71. The van der Waals surface area contributed by atoms with Crippen LogP contribution in [0, 0.1) is 0 Å². The number of hydrogen-bond donors (Lipinski definition) is 1. The van der Waals surface area contributed by atoms with Crippen LogP contribution >= 0.6 is 24.0 Å². The molecule has 1 N–H and O–H groups in total. The number of aliphatic carboxylic acids is 1. The van der Waals surface area contributed by atoms with Crippen molar-refractivity contribution >= 4 is 52.0 Å². The second kappa shape index (κ2) is 7.27. The molecule has 0 aliphatic carbocycles. The minimum absolute atomic E-state index is 0.0138. The summed E-state index contributed by atoms with van der Waals surface area (Å²) in [6, 6.07) is 10.5. The summed E-state index contributed by atoms with van der Waals surface area (Å²) in [4.78, 5) is 35.7. The van der Waals surface area contributed by atoms with Crippen LogP contribution < -0.4 is 0 Å². The van der Waals surface area contributed by atoms with Crippen LogP contribution in [-0.4, -0.2) is 38.5 Å². The van der Waals surface area contributed by atoms with Gasteiger partial charge in [-0.3, -0.25) is 19.3 Å². The zero-order chi connectivity index (χ0) is 18.8. The number of rotatable bonds is 5. The molecule has 1 aromatic carbocycles. The summed E-state index contributed by atoms with van der Waals surface area (Å²) in [7, 11) is 0. The Labute approximate surface area is 158 Å². The van der Waals surface area contributed by atoms with Crippen LogP contribution in [0.25, 0.3) is 17.4 Å². The van der Waals surface area contributed by atoms with Crippen molar-refractivity contribution in [3.8, 4) is 11.3 Å². The Morgan fingerprint density at radius 3 is 2.54 bits per heavy atom. The smallest absolute Gasteiger partial charge is 0.323 e. The van der Waals surface area contributed by atoms with Gasteiger partial charge in [0.05, 0.1) is 4.91 Å². The fourth-order valence-electron chi connectivity index (χ4n) is 2.36. The molecule has 26 heavy (non-hydrogen) atoms. The topological polar surface area (TPSA) is 87.8 Å². The van der Waals surface area contributed by atoms with E-state index in [-0.39, 0.29) is 10.1 Å². The number of Topliss-reactive ketones (excluding diaryl/α,β-unsaturated/α-hetero) is 1. The number of amides is 1. The van der Waals surface area contributed by atoms with Crippen LogP contribution in [-0.2, 0) is 9.59 Å². The number of carbonyl (C=O) groups is 3. The highest BCUT2D eigenvalue weighted by Crippen LogP contribution is 2.33. The number of nitrogens with zero attached hydrogens (tertiary/aromatic N) is 1. The minimum atomic E-state index is -1.13. The fourth-order valence-corrected chi connectivity index (χ4v) is 3.59. The maximum absolute atomic E-state index is 12.2. The molecule has 6 nitrogen and oxygen atoms in total. The zero-order valence-electron chi connectivity index (χ0n) is 13.6. The Balaban J connectivity index is 1.81. The summed E-state index contributed by atoms with van der Waals surface area (Å²) >= 11 is 6.09. The predicted molar refractivity (Wildman–Crippen MR) is 102 cm³/mol. The van der Waals surface area contributed by atoms with E-state index in [1.807, 2.05) is 0 Å². The van der Waals surface area contributed by atoms with Crippen LogP contribution in [0.2, 0.25) is 0 Å². The summed E-state index contributed by atoms with van der Waals surface area (Å²) in [6.07, 6.45) is 1.54. The molecular formula is C18H13NO5S2. The van der Waals surface area contributed by atoms with Crippen LogP contribution in [0.4, 0.5) is 0 Å². The van der Waals surface area contributed by atoms with Gasteiger partial charge in [-0.25, -0.2) is 0 Å². The van der Waals surface area contributed by atoms with Gasteiger partial charge < -0.3 is 9.52 Å². The van der Waals surface area contributed by atoms with Gasteiger partial charge in [-0.15, -0.1) is 0 Å². The minimum Gasteiger partial charge on any atom is -0.480 e. The van der Waals surface area contributed by atoms with E-state index in [9.17, 15) is 14.4 Å². The van der Waals surface area contributed by atoms with Gasteiger partial charge in [-0.05, 0) is 19.1 Å². The maximum Gasteiger partial charge on any atom is 0.323 e. The number of carboxylic acid groups (broad SMARTS) is 1. The Morgan fingerprint density at radius 1 is 1.23 bits per heavy atom. The first kappa shape index (κ1) is 18.1. The average molecular weight is 387 g/mol. The molecule has 1 fully saturated rings.